The summed E-state index contributed by atoms with van der Waals surface area (Å²) in [4.78, 5) is 11.7. The molecule has 0 radical (unpaired) electrons. The van der Waals surface area contributed by atoms with Crippen LogP contribution in [0, 0.1) is 5.82 Å². The molecule has 1 aromatic rings. The van der Waals surface area contributed by atoms with Crippen LogP contribution < -0.4 is 10.1 Å². The number of hydrogen-bond donors (Lipinski definition) is 1. The number of methoxy groups -OCH3 is 1. The minimum atomic E-state index is -0.398. The summed E-state index contributed by atoms with van der Waals surface area (Å²) in [6.45, 7) is 1.35. The molecular weight excluding hydrogens is 261 g/mol. The smallest absolute Gasteiger partial charge is 0.220 e. The lowest BCUT2D eigenvalue weighted by molar-refractivity contribution is -0.121. The van der Waals surface area contributed by atoms with Gasteiger partial charge in [-0.1, -0.05) is 6.07 Å². The van der Waals surface area contributed by atoms with Gasteiger partial charge >= 0.3 is 0 Å². The number of benzene rings is 1. The van der Waals surface area contributed by atoms with Gasteiger partial charge < -0.3 is 14.8 Å². The molecule has 1 saturated heterocycles. The molecule has 5 heteroatoms. The Balaban J connectivity index is 1.73. The van der Waals surface area contributed by atoms with Gasteiger partial charge in [0, 0.05) is 19.6 Å². The lowest BCUT2D eigenvalue weighted by atomic mass is 10.1. The Morgan fingerprint density at radius 1 is 1.55 bits per heavy atom. The molecule has 0 spiro atoms. The molecule has 1 aliphatic rings. The lowest BCUT2D eigenvalue weighted by Gasteiger charge is -2.11. The van der Waals surface area contributed by atoms with Gasteiger partial charge in [-0.3, -0.25) is 4.79 Å². The van der Waals surface area contributed by atoms with Crippen molar-refractivity contribution < 1.29 is 18.7 Å². The molecule has 0 aromatic heterocycles. The quantitative estimate of drug-likeness (QED) is 0.868. The normalized spacial score (nSPS) is 18.0. The predicted octanol–water partition coefficient (Wildman–Crippen LogP) is 2.06. The predicted molar refractivity (Wildman–Crippen MR) is 73.3 cm³/mol. The summed E-state index contributed by atoms with van der Waals surface area (Å²) in [6, 6.07) is 4.76. The third-order valence-electron chi connectivity index (χ3n) is 3.41. The van der Waals surface area contributed by atoms with E-state index in [1.807, 2.05) is 0 Å². The van der Waals surface area contributed by atoms with Gasteiger partial charge in [-0.05, 0) is 37.0 Å². The third kappa shape index (κ3) is 4.20. The average Bonchev–Trinajstić information content (AvgIpc) is 2.96. The van der Waals surface area contributed by atoms with Gasteiger partial charge in [0.15, 0.2) is 11.6 Å². The third-order valence-corrected chi connectivity index (χ3v) is 3.41. The molecule has 4 nitrogen and oxygen atoms in total. The van der Waals surface area contributed by atoms with Crippen molar-refractivity contribution in [1.82, 2.24) is 5.32 Å². The van der Waals surface area contributed by atoms with Crippen LogP contribution in [0.1, 0.15) is 24.8 Å². The zero-order valence-electron chi connectivity index (χ0n) is 11.7. The molecule has 20 heavy (non-hydrogen) atoms. The highest BCUT2D eigenvalue weighted by Gasteiger charge is 2.16. The van der Waals surface area contributed by atoms with Crippen LogP contribution in [0.2, 0.25) is 0 Å². The summed E-state index contributed by atoms with van der Waals surface area (Å²) >= 11 is 0. The van der Waals surface area contributed by atoms with Crippen LogP contribution >= 0.6 is 0 Å². The van der Waals surface area contributed by atoms with Crippen LogP contribution in [0.15, 0.2) is 18.2 Å². The number of carbonyl (C=O) groups excluding carboxylic acids is 1. The molecule has 0 aliphatic carbocycles. The summed E-state index contributed by atoms with van der Waals surface area (Å²) in [5.41, 5.74) is 0.788. The molecule has 2 rings (SSSR count). The van der Waals surface area contributed by atoms with Crippen molar-refractivity contribution in [3.05, 3.63) is 29.6 Å². The highest BCUT2D eigenvalue weighted by Crippen LogP contribution is 2.18. The van der Waals surface area contributed by atoms with E-state index in [-0.39, 0.29) is 17.8 Å². The molecule has 0 bridgehead atoms. The summed E-state index contributed by atoms with van der Waals surface area (Å²) in [7, 11) is 1.43. The Bertz CT molecular complexity index is 458. The molecule has 1 heterocycles. The molecule has 1 aromatic carbocycles. The van der Waals surface area contributed by atoms with Crippen LogP contribution in [-0.2, 0) is 16.0 Å². The van der Waals surface area contributed by atoms with Gasteiger partial charge in [0.25, 0.3) is 0 Å². The van der Waals surface area contributed by atoms with Crippen LogP contribution in [0.3, 0.4) is 0 Å². The van der Waals surface area contributed by atoms with E-state index in [4.69, 9.17) is 9.47 Å². The summed E-state index contributed by atoms with van der Waals surface area (Å²) < 4.78 is 23.8. The second-order valence-electron chi connectivity index (χ2n) is 4.91. The maximum Gasteiger partial charge on any atom is 0.220 e. The van der Waals surface area contributed by atoms with Crippen LogP contribution in [0.25, 0.3) is 0 Å². The first-order valence-electron chi connectivity index (χ1n) is 6.90. The molecule has 1 atom stereocenters. The van der Waals surface area contributed by atoms with Crippen LogP contribution in [-0.4, -0.2) is 32.3 Å². The van der Waals surface area contributed by atoms with E-state index in [9.17, 15) is 9.18 Å². The maximum absolute atomic E-state index is 13.5. The van der Waals surface area contributed by atoms with E-state index >= 15 is 0 Å². The SMILES string of the molecule is COc1ccc(CCC(=O)NCC2CCCO2)cc1F. The minimum Gasteiger partial charge on any atom is -0.494 e. The van der Waals surface area contributed by atoms with E-state index in [2.05, 4.69) is 5.32 Å². The molecule has 110 valence electrons. The first-order chi connectivity index (χ1) is 9.69. The Morgan fingerprint density at radius 2 is 2.40 bits per heavy atom. The number of ether oxygens (including phenoxy) is 2. The number of amides is 1. The van der Waals surface area contributed by atoms with Gasteiger partial charge in [-0.25, -0.2) is 4.39 Å². The molecule has 1 aliphatic heterocycles. The van der Waals surface area contributed by atoms with Crippen molar-refractivity contribution >= 4 is 5.91 Å². The largest absolute Gasteiger partial charge is 0.494 e. The van der Waals surface area contributed by atoms with E-state index in [0.717, 1.165) is 25.0 Å². The van der Waals surface area contributed by atoms with Gasteiger partial charge in [-0.15, -0.1) is 0 Å². The van der Waals surface area contributed by atoms with E-state index in [0.29, 0.717) is 19.4 Å². The monoisotopic (exact) mass is 281 g/mol. The Kier molecular flexibility index (Phi) is 5.35. The number of carbonyl (C=O) groups is 1. The van der Waals surface area contributed by atoms with Crippen molar-refractivity contribution in [2.45, 2.75) is 31.8 Å². The number of nitrogens with one attached hydrogen (secondary N) is 1. The molecule has 1 unspecified atom stereocenters. The summed E-state index contributed by atoms with van der Waals surface area (Å²) in [6.07, 6.45) is 3.07. The fourth-order valence-electron chi connectivity index (χ4n) is 2.24. The van der Waals surface area contributed by atoms with E-state index in [1.54, 1.807) is 12.1 Å². The topological polar surface area (TPSA) is 47.6 Å². The molecule has 0 saturated carbocycles. The zero-order valence-corrected chi connectivity index (χ0v) is 11.7. The molecule has 1 fully saturated rings. The minimum absolute atomic E-state index is 0.0308. The van der Waals surface area contributed by atoms with Crippen molar-refractivity contribution in [3.8, 4) is 5.75 Å². The van der Waals surface area contributed by atoms with Crippen molar-refractivity contribution in [2.24, 2.45) is 0 Å². The number of aryl methyl sites for hydroxylation is 1. The number of hydrogen-bond acceptors (Lipinski definition) is 3. The van der Waals surface area contributed by atoms with Gasteiger partial charge in [0.1, 0.15) is 0 Å². The molecule has 1 N–H and O–H groups in total. The summed E-state index contributed by atoms with van der Waals surface area (Å²) in [5, 5.41) is 2.85. The van der Waals surface area contributed by atoms with Gasteiger partial charge in [0.05, 0.1) is 13.2 Å². The van der Waals surface area contributed by atoms with Gasteiger partial charge in [0.2, 0.25) is 5.91 Å². The fourth-order valence-corrected chi connectivity index (χ4v) is 2.24. The highest BCUT2D eigenvalue weighted by molar-refractivity contribution is 5.76. The van der Waals surface area contributed by atoms with Crippen molar-refractivity contribution in [1.29, 1.82) is 0 Å². The van der Waals surface area contributed by atoms with Crippen molar-refractivity contribution in [3.63, 3.8) is 0 Å². The number of rotatable bonds is 6. The van der Waals surface area contributed by atoms with Crippen LogP contribution in [0.5, 0.6) is 5.75 Å². The standard InChI is InChI=1S/C15H20FNO3/c1-19-14-6-4-11(9-13(14)16)5-7-15(18)17-10-12-3-2-8-20-12/h4,6,9,12H,2-3,5,7-8,10H2,1H3,(H,17,18). The first-order valence-corrected chi connectivity index (χ1v) is 6.90. The molecule has 1 amide bonds. The Labute approximate surface area is 118 Å². The molecular formula is C15H20FNO3. The second kappa shape index (κ2) is 7.24. The van der Waals surface area contributed by atoms with Gasteiger partial charge in [-0.2, -0.15) is 0 Å². The number of halogens is 1. The fraction of sp³-hybridized carbons (Fsp3) is 0.533. The maximum atomic E-state index is 13.5. The van der Waals surface area contributed by atoms with E-state index in [1.165, 1.54) is 13.2 Å². The van der Waals surface area contributed by atoms with E-state index < -0.39 is 5.82 Å². The highest BCUT2D eigenvalue weighted by atomic mass is 19.1. The Hall–Kier alpha value is -1.62. The Morgan fingerprint density at radius 3 is 3.05 bits per heavy atom. The first kappa shape index (κ1) is 14.8. The lowest BCUT2D eigenvalue weighted by Crippen LogP contribution is -2.31. The van der Waals surface area contributed by atoms with Crippen molar-refractivity contribution in [2.75, 3.05) is 20.3 Å². The van der Waals surface area contributed by atoms with Crippen LogP contribution in [0.4, 0.5) is 4.39 Å². The average molecular weight is 281 g/mol. The second-order valence-corrected chi connectivity index (χ2v) is 4.91. The summed E-state index contributed by atoms with van der Waals surface area (Å²) in [5.74, 6) is -0.210. The zero-order chi connectivity index (χ0) is 14.4.